The second kappa shape index (κ2) is 8.54. The fourth-order valence-electron chi connectivity index (χ4n) is 2.71. The summed E-state index contributed by atoms with van der Waals surface area (Å²) in [6.07, 6.45) is 3.32. The average molecular weight is 369 g/mol. The Kier molecular flexibility index (Phi) is 5.92. The van der Waals surface area contributed by atoms with Gasteiger partial charge in [-0.2, -0.15) is 0 Å². The first-order valence-electron chi connectivity index (χ1n) is 8.67. The molecular weight excluding hydrogens is 346 g/mol. The Labute approximate surface area is 157 Å². The molecule has 2 heterocycles. The molecule has 3 aromatic rings. The number of urea groups is 1. The molecule has 1 N–H and O–H groups in total. The van der Waals surface area contributed by atoms with Gasteiger partial charge in [-0.1, -0.05) is 12.1 Å². The van der Waals surface area contributed by atoms with Gasteiger partial charge in [-0.25, -0.2) is 9.78 Å². The van der Waals surface area contributed by atoms with Crippen LogP contribution < -0.4 is 5.32 Å². The van der Waals surface area contributed by atoms with Crippen molar-refractivity contribution in [2.45, 2.75) is 26.1 Å². The number of amides is 2. The maximum absolute atomic E-state index is 12.5. The van der Waals surface area contributed by atoms with Crippen LogP contribution in [0.15, 0.2) is 36.8 Å². The number of fused-ring (bicyclic) bond motifs is 1. The highest BCUT2D eigenvalue weighted by Crippen LogP contribution is 2.12. The molecule has 9 heteroatoms. The number of nitrogens with zero attached hydrogens (tertiary/aromatic N) is 6. The first-order chi connectivity index (χ1) is 13.1. The summed E-state index contributed by atoms with van der Waals surface area (Å²) < 4.78 is 6.95. The van der Waals surface area contributed by atoms with Crippen molar-refractivity contribution >= 4 is 17.1 Å². The van der Waals surface area contributed by atoms with E-state index in [-0.39, 0.29) is 12.1 Å². The molecule has 0 unspecified atom stereocenters. The van der Waals surface area contributed by atoms with Crippen LogP contribution in [0.5, 0.6) is 0 Å². The van der Waals surface area contributed by atoms with Gasteiger partial charge in [-0.05, 0) is 19.1 Å². The monoisotopic (exact) mass is 369 g/mol. The van der Waals surface area contributed by atoms with E-state index in [0.29, 0.717) is 25.5 Å². The molecule has 2 aromatic heterocycles. The third-order valence-electron chi connectivity index (χ3n) is 4.15. The number of benzene rings is 1. The zero-order valence-corrected chi connectivity index (χ0v) is 15.7. The first-order valence-corrected chi connectivity index (χ1v) is 8.67. The number of ether oxygens (including phenoxy) is 1. The molecular formula is C18H23N7O2. The molecule has 0 aliphatic carbocycles. The molecule has 0 saturated carbocycles. The molecule has 0 spiro atoms. The second-order valence-corrected chi connectivity index (χ2v) is 6.25. The van der Waals surface area contributed by atoms with Crippen molar-refractivity contribution in [1.82, 2.24) is 34.9 Å². The Hall–Kier alpha value is -3.07. The van der Waals surface area contributed by atoms with Gasteiger partial charge in [0.15, 0.2) is 5.82 Å². The molecule has 9 nitrogen and oxygen atoms in total. The summed E-state index contributed by atoms with van der Waals surface area (Å²) in [6, 6.07) is 7.13. The summed E-state index contributed by atoms with van der Waals surface area (Å²) in [7, 11) is 3.36. The third kappa shape index (κ3) is 4.56. The largest absolute Gasteiger partial charge is 0.383 e. The van der Waals surface area contributed by atoms with Gasteiger partial charge in [-0.3, -0.25) is 4.98 Å². The van der Waals surface area contributed by atoms with Crippen molar-refractivity contribution in [2.24, 2.45) is 0 Å². The first kappa shape index (κ1) is 18.7. The van der Waals surface area contributed by atoms with Gasteiger partial charge in [0.25, 0.3) is 0 Å². The van der Waals surface area contributed by atoms with Crippen LogP contribution >= 0.6 is 0 Å². The number of carbonyl (C=O) groups excluding carboxylic acids is 1. The topological polar surface area (TPSA) is 98.1 Å². The lowest BCUT2D eigenvalue weighted by atomic mass is 10.3. The van der Waals surface area contributed by atoms with Crippen molar-refractivity contribution in [3.63, 3.8) is 0 Å². The minimum atomic E-state index is -0.290. The SMILES string of the molecule is COCCn1cnnc1[C@H](C)NC(=O)N(C)Cc1cnc2ccccc2n1. The number of hydrogen-bond donors (Lipinski definition) is 1. The van der Waals surface area contributed by atoms with Gasteiger partial charge in [0.1, 0.15) is 6.33 Å². The highest BCUT2D eigenvalue weighted by Gasteiger charge is 2.18. The van der Waals surface area contributed by atoms with Crippen LogP contribution in [-0.4, -0.2) is 56.4 Å². The summed E-state index contributed by atoms with van der Waals surface area (Å²) in [4.78, 5) is 23.0. The molecule has 0 radical (unpaired) electrons. The number of nitrogens with one attached hydrogen (secondary N) is 1. The van der Waals surface area contributed by atoms with E-state index >= 15 is 0 Å². The summed E-state index contributed by atoms with van der Waals surface area (Å²) in [5, 5.41) is 11.0. The smallest absolute Gasteiger partial charge is 0.318 e. The average Bonchev–Trinajstić information content (AvgIpc) is 3.14. The van der Waals surface area contributed by atoms with Gasteiger partial charge >= 0.3 is 6.03 Å². The van der Waals surface area contributed by atoms with Gasteiger partial charge in [0.2, 0.25) is 0 Å². The number of methoxy groups -OCH3 is 1. The summed E-state index contributed by atoms with van der Waals surface area (Å²) in [5.41, 5.74) is 2.36. The lowest BCUT2D eigenvalue weighted by molar-refractivity contribution is 0.184. The van der Waals surface area contributed by atoms with E-state index in [9.17, 15) is 4.79 Å². The zero-order chi connectivity index (χ0) is 19.2. The molecule has 2 amide bonds. The van der Waals surface area contributed by atoms with E-state index in [0.717, 1.165) is 16.7 Å². The van der Waals surface area contributed by atoms with Crippen LogP contribution in [0.2, 0.25) is 0 Å². The summed E-state index contributed by atoms with van der Waals surface area (Å²) in [6.45, 7) is 3.40. The molecule has 0 fully saturated rings. The Bertz CT molecular complexity index is 911. The van der Waals surface area contributed by atoms with E-state index in [2.05, 4.69) is 25.5 Å². The van der Waals surface area contributed by atoms with Gasteiger partial charge in [0.05, 0.1) is 42.1 Å². The van der Waals surface area contributed by atoms with Crippen LogP contribution in [-0.2, 0) is 17.8 Å². The fraction of sp³-hybridized carbons (Fsp3) is 0.389. The van der Waals surface area contributed by atoms with E-state index in [1.54, 1.807) is 31.6 Å². The predicted octanol–water partition coefficient (Wildman–Crippen LogP) is 1.77. The van der Waals surface area contributed by atoms with Crippen molar-refractivity contribution in [3.05, 3.63) is 48.3 Å². The molecule has 0 aliphatic heterocycles. The summed E-state index contributed by atoms with van der Waals surface area (Å²) >= 11 is 0. The van der Waals surface area contributed by atoms with Gasteiger partial charge in [-0.15, -0.1) is 10.2 Å². The number of aromatic nitrogens is 5. The third-order valence-corrected chi connectivity index (χ3v) is 4.15. The van der Waals surface area contributed by atoms with E-state index in [1.807, 2.05) is 35.8 Å². The zero-order valence-electron chi connectivity index (χ0n) is 15.7. The van der Waals surface area contributed by atoms with Gasteiger partial charge < -0.3 is 19.5 Å². The van der Waals surface area contributed by atoms with Crippen LogP contribution in [0, 0.1) is 0 Å². The summed E-state index contributed by atoms with van der Waals surface area (Å²) in [5.74, 6) is 0.680. The molecule has 27 heavy (non-hydrogen) atoms. The maximum atomic E-state index is 12.5. The molecule has 3 rings (SSSR count). The lowest BCUT2D eigenvalue weighted by Crippen LogP contribution is -2.39. The van der Waals surface area contributed by atoms with Gasteiger partial charge in [0, 0.05) is 20.7 Å². The van der Waals surface area contributed by atoms with Crippen molar-refractivity contribution in [2.75, 3.05) is 20.8 Å². The highest BCUT2D eigenvalue weighted by atomic mass is 16.5. The minimum Gasteiger partial charge on any atom is -0.383 e. The Morgan fingerprint density at radius 2 is 2.11 bits per heavy atom. The Balaban J connectivity index is 1.62. The van der Waals surface area contributed by atoms with Crippen molar-refractivity contribution in [3.8, 4) is 0 Å². The fourth-order valence-corrected chi connectivity index (χ4v) is 2.71. The second-order valence-electron chi connectivity index (χ2n) is 6.25. The van der Waals surface area contributed by atoms with E-state index in [1.165, 1.54) is 0 Å². The Morgan fingerprint density at radius 3 is 2.89 bits per heavy atom. The Morgan fingerprint density at radius 1 is 1.33 bits per heavy atom. The maximum Gasteiger partial charge on any atom is 0.318 e. The number of carbonyl (C=O) groups is 1. The molecule has 1 aromatic carbocycles. The van der Waals surface area contributed by atoms with Crippen LogP contribution in [0.4, 0.5) is 4.79 Å². The quantitative estimate of drug-likeness (QED) is 0.682. The molecule has 142 valence electrons. The molecule has 0 aliphatic rings. The van der Waals surface area contributed by atoms with Crippen LogP contribution in [0.3, 0.4) is 0 Å². The number of rotatable bonds is 7. The molecule has 1 atom stereocenters. The molecule has 0 saturated heterocycles. The number of para-hydroxylation sites is 2. The number of hydrogen-bond acceptors (Lipinski definition) is 6. The predicted molar refractivity (Wildman–Crippen MR) is 99.8 cm³/mol. The lowest BCUT2D eigenvalue weighted by Gasteiger charge is -2.21. The highest BCUT2D eigenvalue weighted by molar-refractivity contribution is 5.75. The normalized spacial score (nSPS) is 12.1. The minimum absolute atomic E-state index is 0.223. The van der Waals surface area contributed by atoms with Crippen molar-refractivity contribution < 1.29 is 9.53 Å². The van der Waals surface area contributed by atoms with Crippen LogP contribution in [0.1, 0.15) is 24.5 Å². The van der Waals surface area contributed by atoms with Crippen LogP contribution in [0.25, 0.3) is 11.0 Å². The standard InChI is InChI=1S/C18H23N7O2/c1-13(17-23-20-12-25(17)8-9-27-3)21-18(26)24(2)11-14-10-19-15-6-4-5-7-16(15)22-14/h4-7,10,12-13H,8-9,11H2,1-3H3,(H,21,26)/t13-/m0/s1. The van der Waals surface area contributed by atoms with E-state index < -0.39 is 0 Å². The van der Waals surface area contributed by atoms with E-state index in [4.69, 9.17) is 4.74 Å². The molecule has 0 bridgehead atoms. The van der Waals surface area contributed by atoms with Crippen molar-refractivity contribution in [1.29, 1.82) is 0 Å².